The Balaban J connectivity index is 0.00000176. The molecule has 4 nitrogen and oxygen atoms in total. The Morgan fingerprint density at radius 3 is 2.59 bits per heavy atom. The van der Waals surface area contributed by atoms with E-state index in [0.29, 0.717) is 11.5 Å². The molecule has 1 aromatic carbocycles. The van der Waals surface area contributed by atoms with Gasteiger partial charge in [-0.05, 0) is 50.0 Å². The van der Waals surface area contributed by atoms with Crippen LogP contribution in [-0.2, 0) is 6.54 Å². The number of hydrogen-bond donors (Lipinski definition) is 1. The third kappa shape index (κ3) is 3.47. The molecule has 1 N–H and O–H groups in total. The smallest absolute Gasteiger partial charge is 0.133 e. The van der Waals surface area contributed by atoms with Gasteiger partial charge in [0.15, 0.2) is 0 Å². The van der Waals surface area contributed by atoms with Crippen molar-refractivity contribution in [2.24, 2.45) is 0 Å². The number of fused-ring (bicyclic) bond motifs is 1. The van der Waals surface area contributed by atoms with Crippen LogP contribution in [0.15, 0.2) is 48.8 Å². The first kappa shape index (κ1) is 16.5. The van der Waals surface area contributed by atoms with E-state index < -0.39 is 6.10 Å². The lowest BCUT2D eigenvalue weighted by atomic mass is 10.0. The number of benzene rings is 1. The molecular weight excluding hydrogens is 300 g/mol. The molecule has 5 heteroatoms. The lowest BCUT2D eigenvalue weighted by Crippen LogP contribution is -2.13. The van der Waals surface area contributed by atoms with E-state index >= 15 is 0 Å². The molecule has 1 aliphatic heterocycles. The van der Waals surface area contributed by atoms with Gasteiger partial charge >= 0.3 is 0 Å². The van der Waals surface area contributed by atoms with Crippen molar-refractivity contribution in [3.05, 3.63) is 65.5 Å². The van der Waals surface area contributed by atoms with Crippen molar-refractivity contribution in [3.63, 3.8) is 0 Å². The van der Waals surface area contributed by atoms with Gasteiger partial charge in [-0.3, -0.25) is 4.98 Å². The number of pyridine rings is 1. The van der Waals surface area contributed by atoms with Crippen LogP contribution in [0.2, 0.25) is 0 Å². The number of ether oxygens (including phenoxy) is 1. The molecule has 0 spiro atoms. The summed E-state index contributed by atoms with van der Waals surface area (Å²) in [5.74, 6) is 1.37. The van der Waals surface area contributed by atoms with E-state index in [1.807, 2.05) is 44.4 Å². The number of aromatic nitrogens is 1. The minimum absolute atomic E-state index is 0. The molecule has 0 amide bonds. The highest BCUT2D eigenvalue weighted by Gasteiger charge is 2.21. The summed E-state index contributed by atoms with van der Waals surface area (Å²) in [7, 11) is 4.04. The first-order chi connectivity index (χ1) is 10.1. The molecule has 0 bridgehead atoms. The van der Waals surface area contributed by atoms with Crippen LogP contribution in [0, 0.1) is 0 Å². The summed E-state index contributed by atoms with van der Waals surface area (Å²) >= 11 is 0. The summed E-state index contributed by atoms with van der Waals surface area (Å²) < 4.78 is 5.91. The molecule has 0 radical (unpaired) electrons. The molecule has 0 saturated heterocycles. The zero-order valence-electron chi connectivity index (χ0n) is 12.6. The maximum absolute atomic E-state index is 10.4. The highest BCUT2D eigenvalue weighted by Crippen LogP contribution is 2.36. The Morgan fingerprint density at radius 1 is 1.18 bits per heavy atom. The zero-order valence-corrected chi connectivity index (χ0v) is 13.4. The molecule has 3 rings (SSSR count). The molecule has 1 atom stereocenters. The summed E-state index contributed by atoms with van der Waals surface area (Å²) in [5.41, 5.74) is 2.88. The van der Waals surface area contributed by atoms with Crippen molar-refractivity contribution in [2.75, 3.05) is 14.1 Å². The van der Waals surface area contributed by atoms with Gasteiger partial charge in [0.1, 0.15) is 17.6 Å². The first-order valence-corrected chi connectivity index (χ1v) is 6.89. The van der Waals surface area contributed by atoms with Crippen LogP contribution in [-0.4, -0.2) is 29.1 Å². The fourth-order valence-corrected chi connectivity index (χ4v) is 2.44. The van der Waals surface area contributed by atoms with E-state index in [1.165, 1.54) is 0 Å². The van der Waals surface area contributed by atoms with Gasteiger partial charge in [0.25, 0.3) is 0 Å². The summed E-state index contributed by atoms with van der Waals surface area (Å²) in [6, 6.07) is 9.68. The predicted molar refractivity (Wildman–Crippen MR) is 88.9 cm³/mol. The maximum Gasteiger partial charge on any atom is 0.133 e. The summed E-state index contributed by atoms with van der Waals surface area (Å²) in [4.78, 5) is 6.09. The van der Waals surface area contributed by atoms with E-state index in [1.54, 1.807) is 18.5 Å². The summed E-state index contributed by atoms with van der Waals surface area (Å²) in [5, 5.41) is 10.4. The van der Waals surface area contributed by atoms with Gasteiger partial charge in [-0.1, -0.05) is 6.07 Å². The highest BCUT2D eigenvalue weighted by atomic mass is 35.5. The Morgan fingerprint density at radius 2 is 1.91 bits per heavy atom. The lowest BCUT2D eigenvalue weighted by Gasteiger charge is -2.23. The Hall–Kier alpha value is -1.88. The highest BCUT2D eigenvalue weighted by molar-refractivity contribution is 5.85. The Kier molecular flexibility index (Phi) is 5.19. The van der Waals surface area contributed by atoms with Crippen molar-refractivity contribution in [1.29, 1.82) is 0 Å². The molecule has 1 aromatic heterocycles. The van der Waals surface area contributed by atoms with Crippen LogP contribution < -0.4 is 4.74 Å². The molecule has 0 aliphatic carbocycles. The third-order valence-electron chi connectivity index (χ3n) is 3.39. The molecule has 2 aromatic rings. The van der Waals surface area contributed by atoms with E-state index in [9.17, 15) is 5.11 Å². The maximum atomic E-state index is 10.4. The standard InChI is InChI=1S/C17H18N2O2.ClH/c1-19(2)11-12-3-4-16-14(9-12)15(20)10-17(21-16)13-5-7-18-8-6-13;/h3-10,15,20H,11H2,1-2H3;1H. The second-order valence-electron chi connectivity index (χ2n) is 5.42. The van der Waals surface area contributed by atoms with Crippen LogP contribution in [0.3, 0.4) is 0 Å². The fourth-order valence-electron chi connectivity index (χ4n) is 2.44. The van der Waals surface area contributed by atoms with Crippen molar-refractivity contribution >= 4 is 18.2 Å². The minimum Gasteiger partial charge on any atom is -0.457 e. The number of rotatable bonds is 3. The molecule has 2 heterocycles. The van der Waals surface area contributed by atoms with Gasteiger partial charge in [-0.15, -0.1) is 12.4 Å². The second kappa shape index (κ2) is 6.92. The molecule has 22 heavy (non-hydrogen) atoms. The normalized spacial score (nSPS) is 16.4. The van der Waals surface area contributed by atoms with Crippen molar-refractivity contribution < 1.29 is 9.84 Å². The lowest BCUT2D eigenvalue weighted by molar-refractivity contribution is 0.216. The van der Waals surface area contributed by atoms with E-state index in [-0.39, 0.29) is 12.4 Å². The van der Waals surface area contributed by atoms with Crippen LogP contribution in [0.25, 0.3) is 5.76 Å². The average molecular weight is 319 g/mol. The predicted octanol–water partition coefficient (Wildman–Crippen LogP) is 3.03. The molecular formula is C17H19ClN2O2. The Labute approximate surface area is 136 Å². The number of aliphatic hydroxyl groups excluding tert-OH is 1. The summed E-state index contributed by atoms with van der Waals surface area (Å²) in [6.45, 7) is 0.834. The zero-order chi connectivity index (χ0) is 14.8. The average Bonchev–Trinajstić information content (AvgIpc) is 2.48. The van der Waals surface area contributed by atoms with E-state index in [4.69, 9.17) is 4.74 Å². The van der Waals surface area contributed by atoms with Crippen molar-refractivity contribution in [2.45, 2.75) is 12.6 Å². The molecule has 1 unspecified atom stereocenters. The molecule has 1 aliphatic rings. The molecule has 0 fully saturated rings. The molecule has 0 saturated carbocycles. The summed E-state index contributed by atoms with van der Waals surface area (Å²) in [6.07, 6.45) is 4.50. The van der Waals surface area contributed by atoms with Gasteiger partial charge in [0.05, 0.1) is 0 Å². The van der Waals surface area contributed by atoms with Gasteiger partial charge in [-0.2, -0.15) is 0 Å². The van der Waals surface area contributed by atoms with Gasteiger partial charge < -0.3 is 14.7 Å². The van der Waals surface area contributed by atoms with Crippen LogP contribution in [0.4, 0.5) is 0 Å². The number of hydrogen-bond acceptors (Lipinski definition) is 4. The van der Waals surface area contributed by atoms with Gasteiger partial charge in [0.2, 0.25) is 0 Å². The first-order valence-electron chi connectivity index (χ1n) is 6.89. The quantitative estimate of drug-likeness (QED) is 0.945. The van der Waals surface area contributed by atoms with E-state index in [2.05, 4.69) is 9.88 Å². The Bertz CT molecular complexity index is 672. The largest absolute Gasteiger partial charge is 0.457 e. The number of nitrogens with zero attached hydrogens (tertiary/aromatic N) is 2. The van der Waals surface area contributed by atoms with Crippen LogP contribution in [0.5, 0.6) is 5.75 Å². The minimum atomic E-state index is -0.654. The second-order valence-corrected chi connectivity index (χ2v) is 5.42. The van der Waals surface area contributed by atoms with Crippen molar-refractivity contribution in [1.82, 2.24) is 9.88 Å². The van der Waals surface area contributed by atoms with Crippen molar-refractivity contribution in [3.8, 4) is 5.75 Å². The van der Waals surface area contributed by atoms with Gasteiger partial charge in [0, 0.05) is 30.1 Å². The number of aliphatic hydroxyl groups is 1. The van der Waals surface area contributed by atoms with Gasteiger partial charge in [-0.25, -0.2) is 0 Å². The van der Waals surface area contributed by atoms with Crippen LogP contribution in [0.1, 0.15) is 22.8 Å². The van der Waals surface area contributed by atoms with Crippen LogP contribution >= 0.6 is 12.4 Å². The number of halogens is 1. The van der Waals surface area contributed by atoms with E-state index in [0.717, 1.165) is 23.2 Å². The third-order valence-corrected chi connectivity index (χ3v) is 3.39. The fraction of sp³-hybridized carbons (Fsp3) is 0.235. The topological polar surface area (TPSA) is 45.6 Å². The SMILES string of the molecule is CN(C)Cc1ccc2c(c1)C(O)C=C(c1ccncc1)O2.Cl. The monoisotopic (exact) mass is 318 g/mol. The molecule has 116 valence electrons.